The number of hydrogen-bond acceptors (Lipinski definition) is 6. The van der Waals surface area contributed by atoms with Crippen molar-refractivity contribution < 1.29 is 9.53 Å². The van der Waals surface area contributed by atoms with Crippen LogP contribution in [0.3, 0.4) is 0 Å². The highest BCUT2D eigenvalue weighted by molar-refractivity contribution is 7.15. The third-order valence-electron chi connectivity index (χ3n) is 5.86. The van der Waals surface area contributed by atoms with Gasteiger partial charge < -0.3 is 15.4 Å². The van der Waals surface area contributed by atoms with E-state index in [2.05, 4.69) is 45.5 Å². The van der Waals surface area contributed by atoms with E-state index in [-0.39, 0.29) is 23.9 Å². The lowest BCUT2D eigenvalue weighted by Crippen LogP contribution is -2.48. The summed E-state index contributed by atoms with van der Waals surface area (Å²) in [6.45, 7) is 2.10. The lowest BCUT2D eigenvalue weighted by Gasteiger charge is -2.44. The maximum absolute atomic E-state index is 12.6. The number of thiophene rings is 1. The summed E-state index contributed by atoms with van der Waals surface area (Å²) in [6.07, 6.45) is 2.79. The predicted octanol–water partition coefficient (Wildman–Crippen LogP) is 2.75. The summed E-state index contributed by atoms with van der Waals surface area (Å²) in [7, 11) is 0. The van der Waals surface area contributed by atoms with Gasteiger partial charge in [-0.15, -0.1) is 16.4 Å². The van der Waals surface area contributed by atoms with E-state index in [1.165, 1.54) is 20.9 Å². The smallest absolute Gasteiger partial charge is 0.239 e. The second-order valence-electron chi connectivity index (χ2n) is 7.60. The minimum Gasteiger partial charge on any atom is -0.370 e. The fourth-order valence-electron chi connectivity index (χ4n) is 4.34. The van der Waals surface area contributed by atoms with Crippen LogP contribution in [-0.4, -0.2) is 45.7 Å². The van der Waals surface area contributed by atoms with Gasteiger partial charge in [0.15, 0.2) is 0 Å². The van der Waals surface area contributed by atoms with Crippen LogP contribution in [0.4, 0.5) is 5.95 Å². The SMILES string of the molecule is Nc1n[nH]c(CC(=O)N2CCC3(CC2)OCCc2sc(-c4ccccc4)cc23)n1. The molecule has 0 aliphatic carbocycles. The monoisotopic (exact) mass is 409 g/mol. The lowest BCUT2D eigenvalue weighted by atomic mass is 9.82. The number of amides is 1. The van der Waals surface area contributed by atoms with Crippen LogP contribution >= 0.6 is 11.3 Å². The van der Waals surface area contributed by atoms with Crippen molar-refractivity contribution in [3.05, 3.63) is 52.7 Å². The van der Waals surface area contributed by atoms with E-state index in [1.54, 1.807) is 0 Å². The number of nitrogens with two attached hydrogens (primary N) is 1. The van der Waals surface area contributed by atoms with Gasteiger partial charge in [-0.2, -0.15) is 4.98 Å². The standard InChI is InChI=1S/C21H23N5O2S/c22-20-23-18(24-25-20)13-19(27)26-9-7-21(8-10-26)15-12-17(14-4-2-1-3-5-14)29-16(15)6-11-28-21/h1-5,12H,6-11,13H2,(H3,22,23,24,25). The highest BCUT2D eigenvalue weighted by Gasteiger charge is 2.42. The van der Waals surface area contributed by atoms with E-state index < -0.39 is 0 Å². The van der Waals surface area contributed by atoms with E-state index in [9.17, 15) is 4.79 Å². The molecule has 150 valence electrons. The molecule has 0 bridgehead atoms. The van der Waals surface area contributed by atoms with Gasteiger partial charge in [0, 0.05) is 29.3 Å². The van der Waals surface area contributed by atoms with Crippen molar-refractivity contribution >= 4 is 23.2 Å². The van der Waals surface area contributed by atoms with Crippen LogP contribution in [0, 0.1) is 0 Å². The molecule has 2 aliphatic heterocycles. The highest BCUT2D eigenvalue weighted by atomic mass is 32.1. The molecule has 1 spiro atoms. The first-order chi connectivity index (χ1) is 14.1. The number of carbonyl (C=O) groups is 1. The molecule has 1 aromatic carbocycles. The molecule has 0 unspecified atom stereocenters. The van der Waals surface area contributed by atoms with Crippen molar-refractivity contribution in [1.82, 2.24) is 20.1 Å². The minimum absolute atomic E-state index is 0.0438. The third-order valence-corrected chi connectivity index (χ3v) is 7.10. The zero-order valence-corrected chi connectivity index (χ0v) is 16.9. The summed E-state index contributed by atoms with van der Waals surface area (Å²) in [4.78, 5) is 21.3. The number of aromatic nitrogens is 3. The molecule has 2 aromatic heterocycles. The number of nitrogens with zero attached hydrogens (tertiary/aromatic N) is 3. The van der Waals surface area contributed by atoms with Crippen LogP contribution in [0.5, 0.6) is 0 Å². The second kappa shape index (κ2) is 7.27. The Labute approximate surface area is 172 Å². The van der Waals surface area contributed by atoms with Gasteiger partial charge in [0.05, 0.1) is 18.6 Å². The molecule has 5 rings (SSSR count). The number of nitrogen functional groups attached to an aromatic ring is 1. The Bertz CT molecular complexity index is 1020. The van der Waals surface area contributed by atoms with Crippen molar-refractivity contribution in [2.45, 2.75) is 31.3 Å². The number of carbonyl (C=O) groups excluding carboxylic acids is 1. The Morgan fingerprint density at radius 2 is 2.07 bits per heavy atom. The Balaban J connectivity index is 1.32. The molecule has 29 heavy (non-hydrogen) atoms. The molecule has 1 amide bonds. The maximum Gasteiger partial charge on any atom is 0.239 e. The number of likely N-dealkylation sites (tertiary alicyclic amines) is 1. The number of piperidine rings is 1. The quantitative estimate of drug-likeness (QED) is 0.693. The largest absolute Gasteiger partial charge is 0.370 e. The number of anilines is 1. The number of nitrogens with one attached hydrogen (secondary N) is 1. The molecular formula is C21H23N5O2S. The number of benzene rings is 1. The summed E-state index contributed by atoms with van der Waals surface area (Å²) in [5.74, 6) is 0.719. The molecule has 0 saturated carbocycles. The zero-order chi connectivity index (χ0) is 19.8. The summed E-state index contributed by atoms with van der Waals surface area (Å²) >= 11 is 1.88. The molecule has 8 heteroatoms. The Morgan fingerprint density at radius 1 is 1.28 bits per heavy atom. The molecule has 1 saturated heterocycles. The van der Waals surface area contributed by atoms with E-state index in [1.807, 2.05) is 22.3 Å². The summed E-state index contributed by atoms with van der Waals surface area (Å²) in [6, 6.07) is 12.8. The van der Waals surface area contributed by atoms with Crippen LogP contribution in [0.1, 0.15) is 29.1 Å². The summed E-state index contributed by atoms with van der Waals surface area (Å²) < 4.78 is 6.36. The van der Waals surface area contributed by atoms with Gasteiger partial charge in [0.25, 0.3) is 0 Å². The number of aromatic amines is 1. The van der Waals surface area contributed by atoms with Gasteiger partial charge in [-0.3, -0.25) is 9.89 Å². The van der Waals surface area contributed by atoms with Gasteiger partial charge in [0.1, 0.15) is 5.82 Å². The molecule has 0 radical (unpaired) electrons. The molecule has 2 aliphatic rings. The highest BCUT2D eigenvalue weighted by Crippen LogP contribution is 2.46. The van der Waals surface area contributed by atoms with Crippen LogP contribution in [-0.2, 0) is 28.0 Å². The average Bonchev–Trinajstić information content (AvgIpc) is 3.36. The minimum atomic E-state index is -0.273. The van der Waals surface area contributed by atoms with E-state index in [4.69, 9.17) is 10.5 Å². The average molecular weight is 410 g/mol. The van der Waals surface area contributed by atoms with Crippen LogP contribution in [0.25, 0.3) is 10.4 Å². The number of ether oxygens (including phenoxy) is 1. The molecular weight excluding hydrogens is 386 g/mol. The first-order valence-electron chi connectivity index (χ1n) is 9.90. The molecule has 4 heterocycles. The Hall–Kier alpha value is -2.71. The first-order valence-corrected chi connectivity index (χ1v) is 10.7. The summed E-state index contributed by atoms with van der Waals surface area (Å²) in [5.41, 5.74) is 7.82. The van der Waals surface area contributed by atoms with Gasteiger partial charge in [-0.1, -0.05) is 30.3 Å². The van der Waals surface area contributed by atoms with Crippen LogP contribution in [0.2, 0.25) is 0 Å². The third kappa shape index (κ3) is 3.42. The molecule has 7 nitrogen and oxygen atoms in total. The van der Waals surface area contributed by atoms with Crippen molar-refractivity contribution in [3.63, 3.8) is 0 Å². The topological polar surface area (TPSA) is 97.1 Å². The Kier molecular flexibility index (Phi) is 4.60. The fraction of sp³-hybridized carbons (Fsp3) is 0.381. The fourth-order valence-corrected chi connectivity index (χ4v) is 5.57. The predicted molar refractivity (Wildman–Crippen MR) is 111 cm³/mol. The normalized spacial score (nSPS) is 18.0. The van der Waals surface area contributed by atoms with E-state index >= 15 is 0 Å². The molecule has 0 atom stereocenters. The van der Waals surface area contributed by atoms with E-state index in [0.717, 1.165) is 25.9 Å². The van der Waals surface area contributed by atoms with E-state index in [0.29, 0.717) is 18.9 Å². The van der Waals surface area contributed by atoms with Crippen molar-refractivity contribution in [3.8, 4) is 10.4 Å². The Morgan fingerprint density at radius 3 is 2.79 bits per heavy atom. The van der Waals surface area contributed by atoms with Gasteiger partial charge in [-0.05, 0) is 30.0 Å². The van der Waals surface area contributed by atoms with Crippen LogP contribution < -0.4 is 5.73 Å². The van der Waals surface area contributed by atoms with Gasteiger partial charge in [-0.25, -0.2) is 0 Å². The van der Waals surface area contributed by atoms with Crippen molar-refractivity contribution in [1.29, 1.82) is 0 Å². The van der Waals surface area contributed by atoms with Gasteiger partial charge >= 0.3 is 0 Å². The number of hydrogen-bond donors (Lipinski definition) is 2. The number of fused-ring (bicyclic) bond motifs is 2. The van der Waals surface area contributed by atoms with Crippen molar-refractivity contribution in [2.24, 2.45) is 0 Å². The number of H-pyrrole nitrogens is 1. The molecule has 3 aromatic rings. The maximum atomic E-state index is 12.6. The molecule has 1 fully saturated rings. The van der Waals surface area contributed by atoms with Crippen LogP contribution in [0.15, 0.2) is 36.4 Å². The summed E-state index contributed by atoms with van der Waals surface area (Å²) in [5, 5.41) is 6.49. The molecule has 3 N–H and O–H groups in total. The zero-order valence-electron chi connectivity index (χ0n) is 16.1. The first kappa shape index (κ1) is 18.3. The van der Waals surface area contributed by atoms with Crippen molar-refractivity contribution in [2.75, 3.05) is 25.4 Å². The lowest BCUT2D eigenvalue weighted by molar-refractivity contribution is -0.140. The number of rotatable bonds is 3. The second-order valence-corrected chi connectivity index (χ2v) is 8.74. The van der Waals surface area contributed by atoms with Gasteiger partial charge in [0.2, 0.25) is 11.9 Å².